The third kappa shape index (κ3) is 4.01. The Labute approximate surface area is 127 Å². The van der Waals surface area contributed by atoms with Crippen molar-refractivity contribution in [2.75, 3.05) is 5.32 Å². The molecule has 0 aliphatic rings. The van der Waals surface area contributed by atoms with Crippen molar-refractivity contribution in [2.45, 2.75) is 39.7 Å². The predicted octanol–water partition coefficient (Wildman–Crippen LogP) is 5.39. The van der Waals surface area contributed by atoms with Gasteiger partial charge in [-0.25, -0.2) is 0 Å². The molecule has 0 spiro atoms. The normalized spacial score (nSPS) is 12.2. The first-order chi connectivity index (χ1) is 9.56. The molecular weight excluding hydrogens is 266 g/mol. The number of hydrogen-bond acceptors (Lipinski definition) is 1. The summed E-state index contributed by atoms with van der Waals surface area (Å²) in [6.07, 6.45) is 2.17. The molecule has 0 aliphatic heterocycles. The van der Waals surface area contributed by atoms with Crippen LogP contribution in [-0.4, -0.2) is 6.04 Å². The van der Waals surface area contributed by atoms with Crippen molar-refractivity contribution in [3.63, 3.8) is 0 Å². The zero-order chi connectivity index (χ0) is 14.5. The van der Waals surface area contributed by atoms with Crippen LogP contribution in [0.3, 0.4) is 0 Å². The van der Waals surface area contributed by atoms with Gasteiger partial charge in [0.15, 0.2) is 0 Å². The maximum Gasteiger partial charge on any atom is 0.0640 e. The van der Waals surface area contributed by atoms with Crippen LogP contribution in [0.15, 0.2) is 42.5 Å². The summed E-state index contributed by atoms with van der Waals surface area (Å²) < 4.78 is 0. The lowest BCUT2D eigenvalue weighted by Gasteiger charge is -2.18. The molecule has 2 rings (SSSR count). The molecule has 0 fully saturated rings. The molecule has 1 unspecified atom stereocenters. The van der Waals surface area contributed by atoms with Crippen molar-refractivity contribution in [3.8, 4) is 0 Å². The van der Waals surface area contributed by atoms with Crippen LogP contribution in [-0.2, 0) is 6.42 Å². The average molecular weight is 288 g/mol. The molecule has 1 nitrogen and oxygen atoms in total. The molecule has 106 valence electrons. The molecule has 0 bridgehead atoms. The van der Waals surface area contributed by atoms with Gasteiger partial charge < -0.3 is 5.32 Å². The minimum absolute atomic E-state index is 0.397. The van der Waals surface area contributed by atoms with Crippen molar-refractivity contribution < 1.29 is 0 Å². The summed E-state index contributed by atoms with van der Waals surface area (Å²) in [6.45, 7) is 6.43. The van der Waals surface area contributed by atoms with E-state index in [2.05, 4.69) is 56.4 Å². The second-order valence-corrected chi connectivity index (χ2v) is 5.91. The zero-order valence-corrected chi connectivity index (χ0v) is 13.2. The van der Waals surface area contributed by atoms with E-state index in [9.17, 15) is 0 Å². The molecule has 0 aliphatic carbocycles. The van der Waals surface area contributed by atoms with Crippen LogP contribution in [0, 0.1) is 13.8 Å². The summed E-state index contributed by atoms with van der Waals surface area (Å²) in [5.74, 6) is 0. The molecule has 20 heavy (non-hydrogen) atoms. The first kappa shape index (κ1) is 14.9. The summed E-state index contributed by atoms with van der Waals surface area (Å²) in [6, 6.07) is 15.1. The molecular formula is C18H22ClN. The predicted molar refractivity (Wildman–Crippen MR) is 88.8 cm³/mol. The van der Waals surface area contributed by atoms with Gasteiger partial charge in [0.1, 0.15) is 0 Å². The van der Waals surface area contributed by atoms with Crippen LogP contribution in [0.2, 0.25) is 5.02 Å². The number of hydrogen-bond donors (Lipinski definition) is 1. The molecule has 0 heterocycles. The lowest BCUT2D eigenvalue weighted by Crippen LogP contribution is -2.17. The number of para-hydroxylation sites is 1. The molecule has 0 aromatic heterocycles. The van der Waals surface area contributed by atoms with E-state index >= 15 is 0 Å². The summed E-state index contributed by atoms with van der Waals surface area (Å²) in [5.41, 5.74) is 4.98. The Bertz CT molecular complexity index is 557. The Morgan fingerprint density at radius 1 is 1.10 bits per heavy atom. The van der Waals surface area contributed by atoms with E-state index in [0.29, 0.717) is 6.04 Å². The maximum atomic E-state index is 6.25. The highest BCUT2D eigenvalue weighted by Crippen LogP contribution is 2.26. The summed E-state index contributed by atoms with van der Waals surface area (Å²) in [4.78, 5) is 0. The minimum Gasteiger partial charge on any atom is -0.381 e. The zero-order valence-electron chi connectivity index (χ0n) is 12.4. The van der Waals surface area contributed by atoms with Gasteiger partial charge in [-0.1, -0.05) is 53.6 Å². The van der Waals surface area contributed by atoms with E-state index in [0.717, 1.165) is 23.6 Å². The minimum atomic E-state index is 0.397. The van der Waals surface area contributed by atoms with Crippen LogP contribution >= 0.6 is 11.6 Å². The number of anilines is 1. The molecule has 1 N–H and O–H groups in total. The van der Waals surface area contributed by atoms with Gasteiger partial charge in [-0.2, -0.15) is 0 Å². The smallest absolute Gasteiger partial charge is 0.0640 e. The van der Waals surface area contributed by atoms with Crippen molar-refractivity contribution >= 4 is 17.3 Å². The van der Waals surface area contributed by atoms with Crippen molar-refractivity contribution in [1.82, 2.24) is 0 Å². The first-order valence-corrected chi connectivity index (χ1v) is 7.51. The fourth-order valence-electron chi connectivity index (χ4n) is 2.38. The van der Waals surface area contributed by atoms with Crippen molar-refractivity contribution in [1.29, 1.82) is 0 Å². The van der Waals surface area contributed by atoms with Crippen LogP contribution in [0.4, 0.5) is 5.69 Å². The second kappa shape index (κ2) is 6.81. The molecule has 0 amide bonds. The van der Waals surface area contributed by atoms with Crippen LogP contribution in [0.1, 0.15) is 30.0 Å². The van der Waals surface area contributed by atoms with Crippen molar-refractivity contribution in [2.24, 2.45) is 0 Å². The van der Waals surface area contributed by atoms with E-state index < -0.39 is 0 Å². The first-order valence-electron chi connectivity index (χ1n) is 7.13. The molecule has 2 aromatic rings. The largest absolute Gasteiger partial charge is 0.381 e. The monoisotopic (exact) mass is 287 g/mol. The van der Waals surface area contributed by atoms with Gasteiger partial charge in [0, 0.05) is 6.04 Å². The van der Waals surface area contributed by atoms with E-state index in [1.54, 1.807) is 0 Å². The highest BCUT2D eigenvalue weighted by Gasteiger charge is 2.08. The lowest BCUT2D eigenvalue weighted by atomic mass is 10.0. The molecule has 2 aromatic carbocycles. The van der Waals surface area contributed by atoms with Crippen LogP contribution in [0.5, 0.6) is 0 Å². The molecule has 0 saturated heterocycles. The SMILES string of the molecule is Cc1cccc(CCC(C)Nc2c(C)cccc2Cl)c1. The fraction of sp³-hybridized carbons (Fsp3) is 0.333. The Balaban J connectivity index is 1.94. The van der Waals surface area contributed by atoms with Crippen LogP contribution in [0.25, 0.3) is 0 Å². The van der Waals surface area contributed by atoms with Crippen LogP contribution < -0.4 is 5.32 Å². The van der Waals surface area contributed by atoms with Gasteiger partial charge >= 0.3 is 0 Å². The van der Waals surface area contributed by atoms with E-state index in [1.807, 2.05) is 12.1 Å². The Morgan fingerprint density at radius 2 is 1.85 bits per heavy atom. The number of aryl methyl sites for hydroxylation is 3. The van der Waals surface area contributed by atoms with Gasteiger partial charge in [-0.3, -0.25) is 0 Å². The Hall–Kier alpha value is -1.47. The maximum absolute atomic E-state index is 6.25. The molecule has 2 heteroatoms. The van der Waals surface area contributed by atoms with E-state index in [1.165, 1.54) is 16.7 Å². The van der Waals surface area contributed by atoms with Gasteiger partial charge in [-0.15, -0.1) is 0 Å². The lowest BCUT2D eigenvalue weighted by molar-refractivity contribution is 0.705. The van der Waals surface area contributed by atoms with E-state index in [-0.39, 0.29) is 0 Å². The Kier molecular flexibility index (Phi) is 5.08. The molecule has 1 atom stereocenters. The number of rotatable bonds is 5. The number of benzene rings is 2. The van der Waals surface area contributed by atoms with Gasteiger partial charge in [0.05, 0.1) is 10.7 Å². The highest BCUT2D eigenvalue weighted by molar-refractivity contribution is 6.33. The number of nitrogens with one attached hydrogen (secondary N) is 1. The highest BCUT2D eigenvalue weighted by atomic mass is 35.5. The topological polar surface area (TPSA) is 12.0 Å². The molecule has 0 saturated carbocycles. The average Bonchev–Trinajstić information content (AvgIpc) is 2.41. The summed E-state index contributed by atoms with van der Waals surface area (Å²) in [7, 11) is 0. The molecule has 0 radical (unpaired) electrons. The number of halogens is 1. The third-order valence-electron chi connectivity index (χ3n) is 3.56. The standard InChI is InChI=1S/C18H22ClN/c1-13-6-4-8-16(12-13)11-10-15(3)20-18-14(2)7-5-9-17(18)19/h4-9,12,15,20H,10-11H2,1-3H3. The third-order valence-corrected chi connectivity index (χ3v) is 3.88. The van der Waals surface area contributed by atoms with Crippen molar-refractivity contribution in [3.05, 3.63) is 64.2 Å². The van der Waals surface area contributed by atoms with Gasteiger partial charge in [0.2, 0.25) is 0 Å². The summed E-state index contributed by atoms with van der Waals surface area (Å²) in [5, 5.41) is 4.33. The summed E-state index contributed by atoms with van der Waals surface area (Å²) >= 11 is 6.25. The van der Waals surface area contributed by atoms with Gasteiger partial charge in [0.25, 0.3) is 0 Å². The van der Waals surface area contributed by atoms with E-state index in [4.69, 9.17) is 11.6 Å². The quantitative estimate of drug-likeness (QED) is 0.777. The van der Waals surface area contributed by atoms with Gasteiger partial charge in [-0.05, 0) is 50.8 Å². The second-order valence-electron chi connectivity index (χ2n) is 5.50. The fourth-order valence-corrected chi connectivity index (χ4v) is 2.66. The Morgan fingerprint density at radius 3 is 2.55 bits per heavy atom.